The second-order valence-electron chi connectivity index (χ2n) is 7.76. The van der Waals surface area contributed by atoms with Gasteiger partial charge in [-0.25, -0.2) is 22.2 Å². The number of nitrogens with zero attached hydrogens (tertiary/aromatic N) is 2. The van der Waals surface area contributed by atoms with Crippen LogP contribution in [0.5, 0.6) is 11.5 Å². The maximum atomic E-state index is 14.1. The fourth-order valence-corrected chi connectivity index (χ4v) is 6.72. The summed E-state index contributed by atoms with van der Waals surface area (Å²) in [5.74, 6) is -0.662. The summed E-state index contributed by atoms with van der Waals surface area (Å²) in [6.07, 6.45) is 1.13. The first kappa shape index (κ1) is 23.4. The molecule has 0 bridgehead atoms. The molecule has 0 aliphatic carbocycles. The van der Waals surface area contributed by atoms with Crippen LogP contribution in [0, 0.1) is 11.6 Å². The zero-order valence-electron chi connectivity index (χ0n) is 18.3. The number of anilines is 1. The Morgan fingerprint density at radius 1 is 1.09 bits per heavy atom. The molecule has 1 aliphatic rings. The molecule has 0 atom stereocenters. The minimum absolute atomic E-state index is 0.275. The Balaban J connectivity index is 1.43. The molecule has 0 spiro atoms. The molecule has 33 heavy (non-hydrogen) atoms. The number of halogens is 2. The molecule has 1 aromatic heterocycles. The molecule has 10 heteroatoms. The van der Waals surface area contributed by atoms with E-state index in [1.165, 1.54) is 11.3 Å². The third-order valence-electron chi connectivity index (χ3n) is 5.76. The summed E-state index contributed by atoms with van der Waals surface area (Å²) in [6, 6.07) is 8.74. The zero-order valence-corrected chi connectivity index (χ0v) is 19.9. The first-order valence-electron chi connectivity index (χ1n) is 10.4. The Bertz CT molecular complexity index is 1220. The largest absolute Gasteiger partial charge is 0.497 e. The van der Waals surface area contributed by atoms with Gasteiger partial charge in [0.2, 0.25) is 0 Å². The van der Waals surface area contributed by atoms with Crippen LogP contribution >= 0.6 is 11.3 Å². The number of rotatable bonds is 7. The summed E-state index contributed by atoms with van der Waals surface area (Å²) in [6.45, 7) is 0.886. The summed E-state index contributed by atoms with van der Waals surface area (Å²) in [5.41, 5.74) is 1.86. The predicted molar refractivity (Wildman–Crippen MR) is 123 cm³/mol. The maximum Gasteiger partial charge on any atom is 0.187 e. The van der Waals surface area contributed by atoms with Gasteiger partial charge in [0.05, 0.1) is 25.2 Å². The fraction of sp³-hybridized carbons (Fsp3) is 0.348. The molecule has 2 heterocycles. The van der Waals surface area contributed by atoms with Crippen LogP contribution in [0.4, 0.5) is 13.9 Å². The first-order chi connectivity index (χ1) is 15.8. The lowest BCUT2D eigenvalue weighted by Crippen LogP contribution is -2.39. The SMILES string of the molecule is COc1ccc(Cc2csc(N3CCC(S(=O)(=O)c4c(F)cccc4F)CC3)n2)c(OC)c1. The van der Waals surface area contributed by atoms with Crippen molar-refractivity contribution in [1.29, 1.82) is 0 Å². The van der Waals surface area contributed by atoms with Gasteiger partial charge in [0.25, 0.3) is 0 Å². The van der Waals surface area contributed by atoms with Crippen molar-refractivity contribution in [2.45, 2.75) is 29.4 Å². The smallest absolute Gasteiger partial charge is 0.187 e. The third-order valence-corrected chi connectivity index (χ3v) is 9.02. The van der Waals surface area contributed by atoms with Crippen molar-refractivity contribution in [3.63, 3.8) is 0 Å². The van der Waals surface area contributed by atoms with Gasteiger partial charge in [-0.05, 0) is 31.0 Å². The van der Waals surface area contributed by atoms with Crippen molar-refractivity contribution >= 4 is 26.3 Å². The van der Waals surface area contributed by atoms with E-state index in [-0.39, 0.29) is 12.8 Å². The number of aromatic nitrogens is 1. The molecule has 0 N–H and O–H groups in total. The quantitative estimate of drug-likeness (QED) is 0.483. The van der Waals surface area contributed by atoms with Crippen molar-refractivity contribution in [1.82, 2.24) is 4.98 Å². The minimum atomic E-state index is -4.10. The van der Waals surface area contributed by atoms with Gasteiger partial charge >= 0.3 is 0 Å². The average Bonchev–Trinajstić information content (AvgIpc) is 3.27. The van der Waals surface area contributed by atoms with E-state index >= 15 is 0 Å². The monoisotopic (exact) mass is 494 g/mol. The summed E-state index contributed by atoms with van der Waals surface area (Å²) < 4.78 is 64.5. The summed E-state index contributed by atoms with van der Waals surface area (Å²) >= 11 is 1.49. The average molecular weight is 495 g/mol. The first-order valence-corrected chi connectivity index (χ1v) is 12.8. The van der Waals surface area contributed by atoms with Crippen molar-refractivity contribution in [2.75, 3.05) is 32.2 Å². The van der Waals surface area contributed by atoms with E-state index in [9.17, 15) is 17.2 Å². The number of thiazole rings is 1. The standard InChI is InChI=1S/C23H24F2N2O4S2/c1-30-17-7-6-15(21(13-17)31-2)12-16-14-32-23(26-16)27-10-8-18(9-11-27)33(28,29)22-19(24)4-3-5-20(22)25/h3-7,13-14,18H,8-12H2,1-2H3. The number of benzene rings is 2. The van der Waals surface area contributed by atoms with Gasteiger partial charge in [-0.1, -0.05) is 12.1 Å². The van der Waals surface area contributed by atoms with Gasteiger partial charge in [-0.15, -0.1) is 11.3 Å². The van der Waals surface area contributed by atoms with Gasteiger partial charge < -0.3 is 14.4 Å². The second-order valence-corrected chi connectivity index (χ2v) is 10.8. The fourth-order valence-electron chi connectivity index (χ4n) is 3.99. The van der Waals surface area contributed by atoms with Crippen molar-refractivity contribution in [3.05, 3.63) is 64.7 Å². The van der Waals surface area contributed by atoms with Crippen LogP contribution in [0.1, 0.15) is 24.1 Å². The maximum absolute atomic E-state index is 14.1. The van der Waals surface area contributed by atoms with Crippen molar-refractivity contribution < 1.29 is 26.7 Å². The lowest BCUT2D eigenvalue weighted by atomic mass is 10.1. The van der Waals surface area contributed by atoms with Gasteiger partial charge in [-0.2, -0.15) is 0 Å². The van der Waals surface area contributed by atoms with E-state index < -0.39 is 31.6 Å². The van der Waals surface area contributed by atoms with Gasteiger partial charge in [-0.3, -0.25) is 0 Å². The normalized spacial score (nSPS) is 15.0. The molecule has 4 rings (SSSR count). The number of piperidine rings is 1. The molecule has 0 amide bonds. The molecular weight excluding hydrogens is 470 g/mol. The zero-order chi connectivity index (χ0) is 23.6. The Kier molecular flexibility index (Phi) is 6.85. The Hall–Kier alpha value is -2.72. The molecular formula is C23H24F2N2O4S2. The molecule has 2 aromatic carbocycles. The highest BCUT2D eigenvalue weighted by molar-refractivity contribution is 7.92. The highest BCUT2D eigenvalue weighted by atomic mass is 32.2. The van der Waals surface area contributed by atoms with E-state index in [1.54, 1.807) is 14.2 Å². The van der Waals surface area contributed by atoms with Gasteiger partial charge in [0.1, 0.15) is 28.0 Å². The van der Waals surface area contributed by atoms with Crippen LogP contribution in [0.2, 0.25) is 0 Å². The molecule has 0 saturated carbocycles. The van der Waals surface area contributed by atoms with Crippen LogP contribution in [0.3, 0.4) is 0 Å². The molecule has 3 aromatic rings. The number of methoxy groups -OCH3 is 2. The lowest BCUT2D eigenvalue weighted by molar-refractivity contribution is 0.391. The Morgan fingerprint density at radius 2 is 1.79 bits per heavy atom. The van der Waals surface area contributed by atoms with Crippen LogP contribution < -0.4 is 14.4 Å². The Labute approximate surface area is 195 Å². The number of hydrogen-bond acceptors (Lipinski definition) is 7. The molecule has 176 valence electrons. The minimum Gasteiger partial charge on any atom is -0.497 e. The van der Waals surface area contributed by atoms with Crippen LogP contribution in [0.15, 0.2) is 46.7 Å². The molecule has 0 radical (unpaired) electrons. The molecule has 6 nitrogen and oxygen atoms in total. The predicted octanol–water partition coefficient (Wildman–Crippen LogP) is 4.47. The summed E-state index contributed by atoms with van der Waals surface area (Å²) in [7, 11) is -0.889. The van der Waals surface area contributed by atoms with Crippen LogP contribution in [-0.4, -0.2) is 46.0 Å². The molecule has 1 fully saturated rings. The van der Waals surface area contributed by atoms with Gasteiger partial charge in [0, 0.05) is 36.5 Å². The van der Waals surface area contributed by atoms with Gasteiger partial charge in [0.15, 0.2) is 15.0 Å². The third kappa shape index (κ3) is 4.81. The van der Waals surface area contributed by atoms with Crippen molar-refractivity contribution in [2.24, 2.45) is 0 Å². The lowest BCUT2D eigenvalue weighted by Gasteiger charge is -2.31. The highest BCUT2D eigenvalue weighted by Crippen LogP contribution is 2.32. The van der Waals surface area contributed by atoms with Crippen LogP contribution in [-0.2, 0) is 16.3 Å². The molecule has 1 aliphatic heterocycles. The van der Waals surface area contributed by atoms with Crippen LogP contribution in [0.25, 0.3) is 0 Å². The molecule has 0 unspecified atom stereocenters. The van der Waals surface area contributed by atoms with Crippen molar-refractivity contribution in [3.8, 4) is 11.5 Å². The summed E-state index contributed by atoms with van der Waals surface area (Å²) in [4.78, 5) is 5.90. The second kappa shape index (κ2) is 9.64. The highest BCUT2D eigenvalue weighted by Gasteiger charge is 2.35. The summed E-state index contributed by atoms with van der Waals surface area (Å²) in [5, 5.41) is 1.94. The number of hydrogen-bond donors (Lipinski definition) is 0. The van der Waals surface area contributed by atoms with E-state index in [0.29, 0.717) is 25.3 Å². The van der Waals surface area contributed by atoms with E-state index in [2.05, 4.69) is 0 Å². The molecule has 1 saturated heterocycles. The van der Waals surface area contributed by atoms with E-state index in [0.717, 1.165) is 40.3 Å². The Morgan fingerprint density at radius 3 is 2.42 bits per heavy atom. The topological polar surface area (TPSA) is 68.7 Å². The van der Waals surface area contributed by atoms with E-state index in [1.807, 2.05) is 28.5 Å². The number of ether oxygens (including phenoxy) is 2. The number of sulfone groups is 1. The van der Waals surface area contributed by atoms with E-state index in [4.69, 9.17) is 14.5 Å².